The number of hydrogen-bond acceptors (Lipinski definition) is 2. The van der Waals surface area contributed by atoms with Crippen molar-refractivity contribution in [3.63, 3.8) is 0 Å². The van der Waals surface area contributed by atoms with E-state index in [0.29, 0.717) is 6.42 Å². The number of halogens is 4. The minimum Gasteiger partial charge on any atom is -0.333 e. The molecular formula is C8H12F4N2O. The highest BCUT2D eigenvalue weighted by Gasteiger charge is 2.53. The van der Waals surface area contributed by atoms with Crippen molar-refractivity contribution >= 4 is 5.91 Å². The molecule has 1 saturated heterocycles. The number of nitrogens with zero attached hydrogens (tertiary/aromatic N) is 1. The monoisotopic (exact) mass is 228 g/mol. The summed E-state index contributed by atoms with van der Waals surface area (Å²) in [5.74, 6) is -6.45. The third-order valence-corrected chi connectivity index (χ3v) is 2.63. The fourth-order valence-electron chi connectivity index (χ4n) is 1.54. The largest absolute Gasteiger partial charge is 0.383 e. The van der Waals surface area contributed by atoms with E-state index in [1.807, 2.05) is 0 Å². The molecule has 1 aliphatic heterocycles. The molecule has 0 aliphatic carbocycles. The second-order valence-corrected chi connectivity index (χ2v) is 3.62. The van der Waals surface area contributed by atoms with Crippen molar-refractivity contribution in [2.45, 2.75) is 37.8 Å². The van der Waals surface area contributed by atoms with Crippen molar-refractivity contribution in [3.05, 3.63) is 0 Å². The molecule has 3 nitrogen and oxygen atoms in total. The molecule has 0 radical (unpaired) electrons. The Morgan fingerprint density at radius 1 is 1.53 bits per heavy atom. The van der Waals surface area contributed by atoms with Crippen LogP contribution in [-0.2, 0) is 4.79 Å². The van der Waals surface area contributed by atoms with Crippen molar-refractivity contribution in [3.8, 4) is 0 Å². The third-order valence-electron chi connectivity index (χ3n) is 2.63. The maximum atomic E-state index is 12.7. The molecule has 1 rings (SSSR count). The summed E-state index contributed by atoms with van der Waals surface area (Å²) in [7, 11) is 0. The van der Waals surface area contributed by atoms with Gasteiger partial charge in [-0.3, -0.25) is 4.79 Å². The van der Waals surface area contributed by atoms with Crippen LogP contribution in [0.1, 0.15) is 13.3 Å². The normalized spacial score (nSPS) is 27.5. The Balaban J connectivity index is 2.78. The van der Waals surface area contributed by atoms with E-state index in [1.54, 1.807) is 0 Å². The lowest BCUT2D eigenvalue weighted by Crippen LogP contribution is -2.50. The first-order chi connectivity index (χ1) is 6.78. The van der Waals surface area contributed by atoms with Crippen LogP contribution in [0.4, 0.5) is 17.6 Å². The summed E-state index contributed by atoms with van der Waals surface area (Å²) in [5, 5.41) is 0. The van der Waals surface area contributed by atoms with Gasteiger partial charge in [0.25, 0.3) is 5.91 Å². The van der Waals surface area contributed by atoms with E-state index in [1.165, 1.54) is 6.92 Å². The van der Waals surface area contributed by atoms with Crippen molar-refractivity contribution < 1.29 is 22.4 Å². The Kier molecular flexibility index (Phi) is 3.22. The SMILES string of the molecule is CC1C(N)CCN1C(=O)C(F)(F)C(F)F. The van der Waals surface area contributed by atoms with Gasteiger partial charge in [0.05, 0.1) is 0 Å². The minimum atomic E-state index is -4.61. The highest BCUT2D eigenvalue weighted by atomic mass is 19.3. The number of carbonyl (C=O) groups excluding carboxylic acids is 1. The first-order valence-corrected chi connectivity index (χ1v) is 4.51. The molecule has 2 atom stereocenters. The topological polar surface area (TPSA) is 46.3 Å². The summed E-state index contributed by atoms with van der Waals surface area (Å²) in [6, 6.07) is -1.05. The van der Waals surface area contributed by atoms with Crippen LogP contribution in [0, 0.1) is 0 Å². The van der Waals surface area contributed by atoms with Gasteiger partial charge < -0.3 is 10.6 Å². The van der Waals surface area contributed by atoms with E-state index in [0.717, 1.165) is 4.90 Å². The van der Waals surface area contributed by atoms with Gasteiger partial charge in [0.15, 0.2) is 0 Å². The summed E-state index contributed by atoms with van der Waals surface area (Å²) >= 11 is 0. The molecule has 7 heteroatoms. The Morgan fingerprint density at radius 3 is 2.40 bits per heavy atom. The van der Waals surface area contributed by atoms with Crippen molar-refractivity contribution in [1.82, 2.24) is 4.90 Å². The first-order valence-electron chi connectivity index (χ1n) is 4.51. The van der Waals surface area contributed by atoms with E-state index in [-0.39, 0.29) is 6.54 Å². The van der Waals surface area contributed by atoms with Crippen molar-refractivity contribution in [2.75, 3.05) is 6.54 Å². The Hall–Kier alpha value is -0.850. The molecular weight excluding hydrogens is 216 g/mol. The highest BCUT2D eigenvalue weighted by molar-refractivity contribution is 5.84. The number of alkyl halides is 4. The quantitative estimate of drug-likeness (QED) is 0.712. The lowest BCUT2D eigenvalue weighted by atomic mass is 10.1. The van der Waals surface area contributed by atoms with Gasteiger partial charge in [-0.25, -0.2) is 8.78 Å². The van der Waals surface area contributed by atoms with Crippen molar-refractivity contribution in [1.29, 1.82) is 0 Å². The van der Waals surface area contributed by atoms with Crippen LogP contribution >= 0.6 is 0 Å². The molecule has 0 spiro atoms. The summed E-state index contributed by atoms with van der Waals surface area (Å²) < 4.78 is 49.2. The Labute approximate surface area is 84.2 Å². The number of rotatable bonds is 2. The van der Waals surface area contributed by atoms with E-state index >= 15 is 0 Å². The van der Waals surface area contributed by atoms with Gasteiger partial charge >= 0.3 is 12.3 Å². The van der Waals surface area contributed by atoms with E-state index in [9.17, 15) is 22.4 Å². The molecule has 0 aromatic rings. The van der Waals surface area contributed by atoms with Gasteiger partial charge in [-0.15, -0.1) is 0 Å². The van der Waals surface area contributed by atoms with Gasteiger partial charge in [-0.05, 0) is 13.3 Å². The maximum Gasteiger partial charge on any atom is 0.383 e. The second-order valence-electron chi connectivity index (χ2n) is 3.62. The first kappa shape index (κ1) is 12.2. The average molecular weight is 228 g/mol. The predicted octanol–water partition coefficient (Wildman–Crippen LogP) is 0.835. The zero-order valence-electron chi connectivity index (χ0n) is 8.09. The summed E-state index contributed by atoms with van der Waals surface area (Å²) in [6.07, 6.45) is -3.62. The van der Waals surface area contributed by atoms with Crippen LogP contribution in [0.3, 0.4) is 0 Å². The predicted molar refractivity (Wildman–Crippen MR) is 44.7 cm³/mol. The second kappa shape index (κ2) is 3.96. The lowest BCUT2D eigenvalue weighted by molar-refractivity contribution is -0.181. The molecule has 88 valence electrons. The Bertz CT molecular complexity index is 259. The van der Waals surface area contributed by atoms with Gasteiger partial charge in [0.2, 0.25) is 0 Å². The molecule has 0 aromatic carbocycles. The summed E-state index contributed by atoms with van der Waals surface area (Å²) in [4.78, 5) is 11.8. The van der Waals surface area contributed by atoms with Crippen molar-refractivity contribution in [2.24, 2.45) is 5.73 Å². The molecule has 2 N–H and O–H groups in total. The van der Waals surface area contributed by atoms with Gasteiger partial charge in [0.1, 0.15) is 0 Å². The molecule has 1 amide bonds. The third kappa shape index (κ3) is 2.06. The maximum absolute atomic E-state index is 12.7. The fourth-order valence-corrected chi connectivity index (χ4v) is 1.54. The fraction of sp³-hybridized carbons (Fsp3) is 0.875. The number of carbonyl (C=O) groups is 1. The van der Waals surface area contributed by atoms with Crippen LogP contribution in [0.25, 0.3) is 0 Å². The Morgan fingerprint density at radius 2 is 2.07 bits per heavy atom. The molecule has 1 fully saturated rings. The number of hydrogen-bond donors (Lipinski definition) is 1. The molecule has 1 aliphatic rings. The van der Waals surface area contributed by atoms with Crippen LogP contribution in [0.5, 0.6) is 0 Å². The number of nitrogens with two attached hydrogens (primary N) is 1. The molecule has 1 heterocycles. The van der Waals surface area contributed by atoms with Crippen LogP contribution in [0.2, 0.25) is 0 Å². The standard InChI is InChI=1S/C8H12F4N2O/c1-4-5(13)2-3-14(4)7(15)8(11,12)6(9)10/h4-6H,2-3,13H2,1H3. The summed E-state index contributed by atoms with van der Waals surface area (Å²) in [5.41, 5.74) is 5.50. The molecule has 0 aromatic heterocycles. The molecule has 0 saturated carbocycles. The number of likely N-dealkylation sites (tertiary alicyclic amines) is 1. The van der Waals surface area contributed by atoms with Crippen LogP contribution in [0.15, 0.2) is 0 Å². The van der Waals surface area contributed by atoms with E-state index < -0.39 is 30.3 Å². The average Bonchev–Trinajstić information content (AvgIpc) is 2.46. The van der Waals surface area contributed by atoms with Crippen LogP contribution < -0.4 is 5.73 Å². The zero-order chi connectivity index (χ0) is 11.8. The van der Waals surface area contributed by atoms with Gasteiger partial charge in [-0.2, -0.15) is 8.78 Å². The minimum absolute atomic E-state index is 0.00345. The smallest absolute Gasteiger partial charge is 0.333 e. The number of amides is 1. The van der Waals surface area contributed by atoms with E-state index in [4.69, 9.17) is 5.73 Å². The van der Waals surface area contributed by atoms with Gasteiger partial charge in [0, 0.05) is 18.6 Å². The zero-order valence-corrected chi connectivity index (χ0v) is 8.09. The van der Waals surface area contributed by atoms with Crippen LogP contribution in [-0.4, -0.2) is 41.8 Å². The van der Waals surface area contributed by atoms with Gasteiger partial charge in [-0.1, -0.05) is 0 Å². The van der Waals surface area contributed by atoms with E-state index in [2.05, 4.69) is 0 Å². The summed E-state index contributed by atoms with van der Waals surface area (Å²) in [6.45, 7) is 1.47. The lowest BCUT2D eigenvalue weighted by Gasteiger charge is -2.27. The highest BCUT2D eigenvalue weighted by Crippen LogP contribution is 2.28. The molecule has 15 heavy (non-hydrogen) atoms. The molecule has 0 bridgehead atoms. The molecule has 2 unspecified atom stereocenters.